The summed E-state index contributed by atoms with van der Waals surface area (Å²) in [6.45, 7) is 2.95. The van der Waals surface area contributed by atoms with Crippen LogP contribution in [-0.4, -0.2) is 56.2 Å². The monoisotopic (exact) mass is 291 g/mol. The highest BCUT2D eigenvalue weighted by Gasteiger charge is 2.41. The van der Waals surface area contributed by atoms with Gasteiger partial charge < -0.3 is 15.0 Å². The molecule has 0 radical (unpaired) electrons. The number of nitrogens with zero attached hydrogens (tertiary/aromatic N) is 2. The molecule has 1 aromatic rings. The molecule has 0 unspecified atom stereocenters. The van der Waals surface area contributed by atoms with Crippen LogP contribution < -0.4 is 5.32 Å². The van der Waals surface area contributed by atoms with Crippen molar-refractivity contribution >= 4 is 5.91 Å². The molecule has 116 valence electrons. The SMILES string of the molecule is COCC1(C(=O)N(C)CCc2ccccn2)CCNCC1. The Hall–Kier alpha value is -1.46. The predicted octanol–water partition coefficient (Wildman–Crippen LogP) is 1.10. The summed E-state index contributed by atoms with van der Waals surface area (Å²) in [4.78, 5) is 19.0. The molecule has 0 aromatic carbocycles. The van der Waals surface area contributed by atoms with Gasteiger partial charge in [-0.25, -0.2) is 0 Å². The molecule has 0 saturated carbocycles. The fourth-order valence-electron chi connectivity index (χ4n) is 2.94. The van der Waals surface area contributed by atoms with Gasteiger partial charge in [-0.15, -0.1) is 0 Å². The van der Waals surface area contributed by atoms with Gasteiger partial charge in [-0.05, 0) is 38.1 Å². The Bertz CT molecular complexity index is 439. The summed E-state index contributed by atoms with van der Waals surface area (Å²) in [5, 5.41) is 3.31. The number of likely N-dealkylation sites (N-methyl/N-ethyl adjacent to an activating group) is 1. The highest BCUT2D eigenvalue weighted by Crippen LogP contribution is 2.31. The first-order chi connectivity index (χ1) is 10.2. The lowest BCUT2D eigenvalue weighted by Gasteiger charge is -2.38. The first-order valence-electron chi connectivity index (χ1n) is 7.53. The van der Waals surface area contributed by atoms with Gasteiger partial charge in [0.25, 0.3) is 0 Å². The topological polar surface area (TPSA) is 54.5 Å². The minimum atomic E-state index is -0.362. The Labute approximate surface area is 126 Å². The van der Waals surface area contributed by atoms with E-state index in [4.69, 9.17) is 4.74 Å². The summed E-state index contributed by atoms with van der Waals surface area (Å²) in [6, 6.07) is 5.87. The molecule has 0 bridgehead atoms. The normalized spacial score (nSPS) is 17.4. The molecule has 1 aromatic heterocycles. The third-order valence-corrected chi connectivity index (χ3v) is 4.21. The third-order valence-electron chi connectivity index (χ3n) is 4.21. The second-order valence-electron chi connectivity index (χ2n) is 5.76. The molecule has 2 heterocycles. The zero-order chi connectivity index (χ0) is 15.1. The van der Waals surface area contributed by atoms with E-state index in [1.165, 1.54) is 0 Å². The standard InChI is InChI=1S/C16H25N3O2/c1-19(12-6-14-5-3-4-9-18-14)15(20)16(13-21-2)7-10-17-11-8-16/h3-5,9,17H,6-8,10-13H2,1-2H3. The van der Waals surface area contributed by atoms with Crippen molar-refractivity contribution in [3.05, 3.63) is 30.1 Å². The Balaban J connectivity index is 1.96. The van der Waals surface area contributed by atoms with Crippen molar-refractivity contribution < 1.29 is 9.53 Å². The van der Waals surface area contributed by atoms with Crippen LogP contribution in [-0.2, 0) is 16.0 Å². The van der Waals surface area contributed by atoms with E-state index in [2.05, 4.69) is 10.3 Å². The predicted molar refractivity (Wildman–Crippen MR) is 82.0 cm³/mol. The maximum Gasteiger partial charge on any atom is 0.230 e. The number of carbonyl (C=O) groups is 1. The first-order valence-corrected chi connectivity index (χ1v) is 7.53. The lowest BCUT2D eigenvalue weighted by Crippen LogP contribution is -2.51. The molecule has 1 fully saturated rings. The summed E-state index contributed by atoms with van der Waals surface area (Å²) in [5.41, 5.74) is 0.655. The van der Waals surface area contributed by atoms with Gasteiger partial charge in [0.15, 0.2) is 0 Å². The van der Waals surface area contributed by atoms with E-state index in [1.807, 2.05) is 30.1 Å². The van der Waals surface area contributed by atoms with Crippen LogP contribution in [0.5, 0.6) is 0 Å². The molecular formula is C16H25N3O2. The Morgan fingerprint density at radius 3 is 2.81 bits per heavy atom. The van der Waals surface area contributed by atoms with Crippen molar-refractivity contribution in [2.75, 3.05) is 40.4 Å². The second kappa shape index (κ2) is 7.52. The van der Waals surface area contributed by atoms with Gasteiger partial charge in [0.2, 0.25) is 5.91 Å². The number of nitrogens with one attached hydrogen (secondary N) is 1. The largest absolute Gasteiger partial charge is 0.384 e. The highest BCUT2D eigenvalue weighted by molar-refractivity contribution is 5.83. The molecular weight excluding hydrogens is 266 g/mol. The highest BCUT2D eigenvalue weighted by atomic mass is 16.5. The second-order valence-corrected chi connectivity index (χ2v) is 5.76. The lowest BCUT2D eigenvalue weighted by atomic mass is 9.78. The van der Waals surface area contributed by atoms with E-state index >= 15 is 0 Å². The number of hydrogen-bond donors (Lipinski definition) is 1. The van der Waals surface area contributed by atoms with Crippen molar-refractivity contribution in [3.63, 3.8) is 0 Å². The molecule has 1 N–H and O–H groups in total. The smallest absolute Gasteiger partial charge is 0.230 e. The van der Waals surface area contributed by atoms with E-state index < -0.39 is 0 Å². The number of rotatable bonds is 6. The van der Waals surface area contributed by atoms with Gasteiger partial charge >= 0.3 is 0 Å². The Morgan fingerprint density at radius 2 is 2.19 bits per heavy atom. The maximum absolute atomic E-state index is 12.8. The van der Waals surface area contributed by atoms with E-state index in [1.54, 1.807) is 13.3 Å². The van der Waals surface area contributed by atoms with Gasteiger partial charge in [-0.1, -0.05) is 6.07 Å². The van der Waals surface area contributed by atoms with Gasteiger partial charge in [-0.2, -0.15) is 0 Å². The van der Waals surface area contributed by atoms with Crippen LogP contribution in [0.1, 0.15) is 18.5 Å². The summed E-state index contributed by atoms with van der Waals surface area (Å²) in [7, 11) is 3.55. The van der Waals surface area contributed by atoms with Crippen molar-refractivity contribution in [1.82, 2.24) is 15.2 Å². The molecule has 1 amide bonds. The van der Waals surface area contributed by atoms with Crippen LogP contribution >= 0.6 is 0 Å². The molecule has 1 saturated heterocycles. The van der Waals surface area contributed by atoms with Crippen LogP contribution in [0.2, 0.25) is 0 Å². The Kier molecular flexibility index (Phi) is 5.70. The number of piperidine rings is 1. The van der Waals surface area contributed by atoms with Crippen molar-refractivity contribution in [1.29, 1.82) is 0 Å². The molecule has 0 aliphatic carbocycles. The molecule has 21 heavy (non-hydrogen) atoms. The minimum Gasteiger partial charge on any atom is -0.384 e. The lowest BCUT2D eigenvalue weighted by molar-refractivity contribution is -0.146. The Morgan fingerprint density at radius 1 is 1.43 bits per heavy atom. The molecule has 0 atom stereocenters. The summed E-state index contributed by atoms with van der Waals surface area (Å²) in [6.07, 6.45) is 4.25. The molecule has 5 heteroatoms. The number of pyridine rings is 1. The van der Waals surface area contributed by atoms with Crippen LogP contribution in [0.4, 0.5) is 0 Å². The number of carbonyl (C=O) groups excluding carboxylic acids is 1. The van der Waals surface area contributed by atoms with Gasteiger partial charge in [0, 0.05) is 39.0 Å². The molecule has 1 aliphatic heterocycles. The van der Waals surface area contributed by atoms with Gasteiger partial charge in [0.05, 0.1) is 12.0 Å². The van der Waals surface area contributed by atoms with Crippen molar-refractivity contribution in [2.45, 2.75) is 19.3 Å². The van der Waals surface area contributed by atoms with E-state index in [-0.39, 0.29) is 11.3 Å². The quantitative estimate of drug-likeness (QED) is 0.853. The van der Waals surface area contributed by atoms with Crippen molar-refractivity contribution in [3.8, 4) is 0 Å². The van der Waals surface area contributed by atoms with Crippen LogP contribution in [0.15, 0.2) is 24.4 Å². The third kappa shape index (κ3) is 4.02. The van der Waals surface area contributed by atoms with Crippen LogP contribution in [0, 0.1) is 5.41 Å². The van der Waals surface area contributed by atoms with E-state index in [0.29, 0.717) is 13.2 Å². The van der Waals surface area contributed by atoms with Gasteiger partial charge in [0.1, 0.15) is 0 Å². The zero-order valence-electron chi connectivity index (χ0n) is 13.0. The summed E-state index contributed by atoms with van der Waals surface area (Å²) < 4.78 is 5.33. The van der Waals surface area contributed by atoms with Crippen LogP contribution in [0.25, 0.3) is 0 Å². The van der Waals surface area contributed by atoms with Crippen LogP contribution in [0.3, 0.4) is 0 Å². The summed E-state index contributed by atoms with van der Waals surface area (Å²) >= 11 is 0. The average Bonchev–Trinajstić information content (AvgIpc) is 2.54. The fraction of sp³-hybridized carbons (Fsp3) is 0.625. The number of aromatic nitrogens is 1. The number of amides is 1. The van der Waals surface area contributed by atoms with Gasteiger partial charge in [-0.3, -0.25) is 9.78 Å². The minimum absolute atomic E-state index is 0.196. The molecule has 2 rings (SSSR count). The number of methoxy groups -OCH3 is 1. The first kappa shape index (κ1) is 15.9. The molecule has 0 spiro atoms. The van der Waals surface area contributed by atoms with E-state index in [9.17, 15) is 4.79 Å². The number of ether oxygens (including phenoxy) is 1. The zero-order valence-corrected chi connectivity index (χ0v) is 13.0. The van der Waals surface area contributed by atoms with Crippen molar-refractivity contribution in [2.24, 2.45) is 5.41 Å². The summed E-state index contributed by atoms with van der Waals surface area (Å²) in [5.74, 6) is 0.196. The average molecular weight is 291 g/mol. The molecule has 1 aliphatic rings. The maximum atomic E-state index is 12.8. The number of hydrogen-bond acceptors (Lipinski definition) is 4. The molecule has 5 nitrogen and oxygen atoms in total. The fourth-order valence-corrected chi connectivity index (χ4v) is 2.94. The van der Waals surface area contributed by atoms with E-state index in [0.717, 1.165) is 38.0 Å².